The molecule has 1 aromatic carbocycles. The first kappa shape index (κ1) is 13.0. The Kier molecular flexibility index (Phi) is 4.96. The maximum atomic E-state index is 11.1. The van der Waals surface area contributed by atoms with E-state index < -0.39 is 12.1 Å². The number of rotatable bonds is 5. The Morgan fingerprint density at radius 2 is 1.82 bits per heavy atom. The van der Waals surface area contributed by atoms with Gasteiger partial charge in [0.1, 0.15) is 12.4 Å². The second kappa shape index (κ2) is 6.49. The number of carboxylic acids is 1. The summed E-state index contributed by atoms with van der Waals surface area (Å²) in [5.41, 5.74) is 0.116. The number of aromatic carboxylic acids is 1. The van der Waals surface area contributed by atoms with Crippen molar-refractivity contribution in [2.45, 2.75) is 0 Å². The predicted molar refractivity (Wildman–Crippen MR) is 57.3 cm³/mol. The number of carbonyl (C=O) groups is 2. The van der Waals surface area contributed by atoms with Crippen LogP contribution in [0.4, 0.5) is 4.79 Å². The van der Waals surface area contributed by atoms with Crippen LogP contribution in [0.2, 0.25) is 0 Å². The van der Waals surface area contributed by atoms with Crippen LogP contribution in [0.15, 0.2) is 24.3 Å². The largest absolute Gasteiger partial charge is 0.513 e. The molecule has 1 aromatic rings. The Labute approximate surface area is 97.7 Å². The van der Waals surface area contributed by atoms with Crippen LogP contribution in [0.25, 0.3) is 0 Å². The summed E-state index contributed by atoms with van der Waals surface area (Å²) in [4.78, 5) is 21.7. The van der Waals surface area contributed by atoms with E-state index in [0.29, 0.717) is 0 Å². The normalized spacial score (nSPS) is 9.71. The van der Waals surface area contributed by atoms with E-state index in [1.54, 1.807) is 0 Å². The minimum absolute atomic E-state index is 0.0997. The molecule has 0 heterocycles. The molecule has 0 saturated carbocycles. The van der Waals surface area contributed by atoms with E-state index in [-0.39, 0.29) is 24.5 Å². The number of carboxylic acid groups (broad SMARTS) is 1. The lowest BCUT2D eigenvalue weighted by Gasteiger charge is -2.05. The molecule has 1 rings (SSSR count). The predicted octanol–water partition coefficient (Wildman–Crippen LogP) is 1.55. The van der Waals surface area contributed by atoms with E-state index in [1.165, 1.54) is 31.4 Å². The van der Waals surface area contributed by atoms with E-state index in [0.717, 1.165) is 0 Å². The van der Waals surface area contributed by atoms with Gasteiger partial charge in [0.15, 0.2) is 0 Å². The lowest BCUT2D eigenvalue weighted by atomic mass is 10.2. The highest BCUT2D eigenvalue weighted by Gasteiger charge is 2.07. The topological polar surface area (TPSA) is 82.1 Å². The second-order valence-corrected chi connectivity index (χ2v) is 3.02. The van der Waals surface area contributed by atoms with Crippen LogP contribution in [0.3, 0.4) is 0 Å². The molecule has 0 amide bonds. The quantitative estimate of drug-likeness (QED) is 0.477. The fraction of sp³-hybridized carbons (Fsp3) is 0.273. The third kappa shape index (κ3) is 4.52. The molecule has 1 N–H and O–H groups in total. The van der Waals surface area contributed by atoms with Crippen LogP contribution in [-0.2, 0) is 9.47 Å². The van der Waals surface area contributed by atoms with E-state index >= 15 is 0 Å². The summed E-state index contributed by atoms with van der Waals surface area (Å²) >= 11 is 0. The van der Waals surface area contributed by atoms with Crippen molar-refractivity contribution in [1.29, 1.82) is 0 Å². The Bertz CT molecular complexity index is 383. The summed E-state index contributed by atoms with van der Waals surface area (Å²) in [7, 11) is 1.49. The zero-order valence-electron chi connectivity index (χ0n) is 9.21. The van der Waals surface area contributed by atoms with Crippen molar-refractivity contribution in [2.24, 2.45) is 0 Å². The van der Waals surface area contributed by atoms with Crippen LogP contribution >= 0.6 is 0 Å². The van der Waals surface area contributed by atoms with Crippen molar-refractivity contribution in [2.75, 3.05) is 20.3 Å². The van der Waals surface area contributed by atoms with Gasteiger partial charge < -0.3 is 19.3 Å². The molecule has 17 heavy (non-hydrogen) atoms. The SMILES string of the molecule is COCCOC(=O)Oc1ccc(C(=O)O)cc1. The van der Waals surface area contributed by atoms with Crippen LogP contribution in [-0.4, -0.2) is 37.6 Å². The van der Waals surface area contributed by atoms with Crippen molar-refractivity contribution >= 4 is 12.1 Å². The molecule has 0 aliphatic heterocycles. The number of carbonyl (C=O) groups excluding carboxylic acids is 1. The smallest absolute Gasteiger partial charge is 0.478 e. The highest BCUT2D eigenvalue weighted by molar-refractivity contribution is 5.87. The molecule has 0 aliphatic carbocycles. The summed E-state index contributed by atoms with van der Waals surface area (Å²) < 4.78 is 14.1. The van der Waals surface area contributed by atoms with E-state index in [4.69, 9.17) is 9.84 Å². The molecular weight excluding hydrogens is 228 g/mol. The molecule has 0 bridgehead atoms. The molecule has 6 heteroatoms. The van der Waals surface area contributed by atoms with Gasteiger partial charge in [0.05, 0.1) is 12.2 Å². The molecule has 0 radical (unpaired) electrons. The van der Waals surface area contributed by atoms with E-state index in [2.05, 4.69) is 9.47 Å². The van der Waals surface area contributed by atoms with Crippen LogP contribution < -0.4 is 4.74 Å². The van der Waals surface area contributed by atoms with Crippen molar-refractivity contribution in [1.82, 2.24) is 0 Å². The molecule has 0 aromatic heterocycles. The summed E-state index contributed by atoms with van der Waals surface area (Å²) in [5.74, 6) is -0.823. The average molecular weight is 240 g/mol. The molecule has 92 valence electrons. The summed E-state index contributed by atoms with van der Waals surface area (Å²) in [6.45, 7) is 0.385. The first-order chi connectivity index (χ1) is 8.13. The van der Waals surface area contributed by atoms with Gasteiger partial charge in [0.2, 0.25) is 0 Å². The summed E-state index contributed by atoms with van der Waals surface area (Å²) in [6.07, 6.45) is -0.856. The van der Waals surface area contributed by atoms with Gasteiger partial charge >= 0.3 is 12.1 Å². The Balaban J connectivity index is 2.46. The Morgan fingerprint density at radius 3 is 2.35 bits per heavy atom. The van der Waals surface area contributed by atoms with Crippen molar-refractivity contribution in [3.63, 3.8) is 0 Å². The number of methoxy groups -OCH3 is 1. The third-order valence-electron chi connectivity index (χ3n) is 1.81. The molecule has 0 saturated heterocycles. The fourth-order valence-electron chi connectivity index (χ4n) is 1.000. The first-order valence-corrected chi connectivity index (χ1v) is 4.80. The van der Waals surface area contributed by atoms with Gasteiger partial charge in [-0.25, -0.2) is 9.59 Å². The van der Waals surface area contributed by atoms with Gasteiger partial charge in [-0.15, -0.1) is 0 Å². The number of hydrogen-bond acceptors (Lipinski definition) is 5. The summed E-state index contributed by atoms with van der Waals surface area (Å²) in [5, 5.41) is 8.65. The molecule has 0 aliphatic rings. The number of benzene rings is 1. The molecule has 6 nitrogen and oxygen atoms in total. The highest BCUT2D eigenvalue weighted by atomic mass is 16.7. The minimum Gasteiger partial charge on any atom is -0.478 e. The number of hydrogen-bond donors (Lipinski definition) is 1. The molecular formula is C11H12O6. The van der Waals surface area contributed by atoms with Crippen LogP contribution in [0.5, 0.6) is 5.75 Å². The highest BCUT2D eigenvalue weighted by Crippen LogP contribution is 2.12. The average Bonchev–Trinajstić information content (AvgIpc) is 2.30. The van der Waals surface area contributed by atoms with Gasteiger partial charge in [-0.1, -0.05) is 0 Å². The van der Waals surface area contributed by atoms with Gasteiger partial charge in [0, 0.05) is 7.11 Å². The van der Waals surface area contributed by atoms with E-state index in [9.17, 15) is 9.59 Å². The fourth-order valence-corrected chi connectivity index (χ4v) is 1.000. The molecule has 0 fully saturated rings. The zero-order valence-corrected chi connectivity index (χ0v) is 9.21. The minimum atomic E-state index is -1.04. The van der Waals surface area contributed by atoms with Crippen molar-refractivity contribution in [3.05, 3.63) is 29.8 Å². The van der Waals surface area contributed by atoms with Gasteiger partial charge in [-0.2, -0.15) is 0 Å². The zero-order chi connectivity index (χ0) is 12.7. The summed E-state index contributed by atoms with van der Waals surface area (Å²) in [6, 6.07) is 5.42. The van der Waals surface area contributed by atoms with E-state index in [1.807, 2.05) is 0 Å². The Morgan fingerprint density at radius 1 is 1.18 bits per heavy atom. The van der Waals surface area contributed by atoms with Crippen LogP contribution in [0, 0.1) is 0 Å². The van der Waals surface area contributed by atoms with Crippen molar-refractivity contribution in [3.8, 4) is 5.75 Å². The number of ether oxygens (including phenoxy) is 3. The molecule has 0 unspecified atom stereocenters. The lowest BCUT2D eigenvalue weighted by Crippen LogP contribution is -2.13. The Hall–Kier alpha value is -2.08. The maximum absolute atomic E-state index is 11.1. The second-order valence-electron chi connectivity index (χ2n) is 3.02. The molecule has 0 spiro atoms. The van der Waals surface area contributed by atoms with Gasteiger partial charge in [-0.3, -0.25) is 0 Å². The van der Waals surface area contributed by atoms with Crippen molar-refractivity contribution < 1.29 is 28.9 Å². The van der Waals surface area contributed by atoms with Gasteiger partial charge in [0.25, 0.3) is 0 Å². The standard InChI is InChI=1S/C11H12O6/c1-15-6-7-16-11(14)17-9-4-2-8(3-5-9)10(12)13/h2-5H,6-7H2,1H3,(H,12,13). The maximum Gasteiger partial charge on any atom is 0.513 e. The van der Waals surface area contributed by atoms with Crippen LogP contribution in [0.1, 0.15) is 10.4 Å². The third-order valence-corrected chi connectivity index (χ3v) is 1.81. The molecule has 0 atom stereocenters. The first-order valence-electron chi connectivity index (χ1n) is 4.80. The lowest BCUT2D eigenvalue weighted by molar-refractivity contribution is 0.0685. The monoisotopic (exact) mass is 240 g/mol. The van der Waals surface area contributed by atoms with Gasteiger partial charge in [-0.05, 0) is 24.3 Å².